The average molecular weight is 459 g/mol. The molecule has 0 bridgehead atoms. The van der Waals surface area contributed by atoms with Crippen LogP contribution in [0.1, 0.15) is 35.8 Å². The molecule has 1 atom stereocenters. The van der Waals surface area contributed by atoms with Gasteiger partial charge in [0.15, 0.2) is 23.0 Å². The van der Waals surface area contributed by atoms with Gasteiger partial charge in [0.25, 0.3) is 5.91 Å². The van der Waals surface area contributed by atoms with Gasteiger partial charge in [0.1, 0.15) is 0 Å². The first-order valence-electron chi connectivity index (χ1n) is 11.3. The fourth-order valence-electron chi connectivity index (χ4n) is 3.89. The zero-order valence-corrected chi connectivity index (χ0v) is 19.9. The van der Waals surface area contributed by atoms with Crippen molar-refractivity contribution in [2.45, 2.75) is 19.9 Å². The second-order valence-corrected chi connectivity index (χ2v) is 7.52. The van der Waals surface area contributed by atoms with Gasteiger partial charge in [-0.15, -0.1) is 0 Å². The third-order valence-corrected chi connectivity index (χ3v) is 5.54. The summed E-state index contributed by atoms with van der Waals surface area (Å²) in [4.78, 5) is 15.3. The monoisotopic (exact) mass is 458 g/mol. The molecule has 0 radical (unpaired) electrons. The number of nitrogens with zero attached hydrogens (tertiary/aromatic N) is 1. The number of hydrogen-bond donors (Lipinski definition) is 1. The van der Waals surface area contributed by atoms with Crippen molar-refractivity contribution in [2.24, 2.45) is 0 Å². The van der Waals surface area contributed by atoms with Crippen molar-refractivity contribution in [3.8, 4) is 23.0 Å². The first-order valence-corrected chi connectivity index (χ1v) is 11.3. The number of hydrogen-bond acceptors (Lipinski definition) is 7. The number of morpholine rings is 1. The van der Waals surface area contributed by atoms with Crippen LogP contribution >= 0.6 is 0 Å². The van der Waals surface area contributed by atoms with Crippen LogP contribution < -0.4 is 24.3 Å². The lowest BCUT2D eigenvalue weighted by Gasteiger charge is -2.35. The summed E-state index contributed by atoms with van der Waals surface area (Å²) in [5, 5.41) is 3.09. The highest BCUT2D eigenvalue weighted by Gasteiger charge is 2.25. The minimum absolute atomic E-state index is 0.0354. The summed E-state index contributed by atoms with van der Waals surface area (Å²) in [5.74, 6) is 2.36. The SMILES string of the molecule is CCOc1ccc(C(=O)NC[C@H](c2ccc(OC)c(OC)c2)N2CCOCC2)cc1OCC. The Balaban J connectivity index is 1.79. The lowest BCUT2D eigenvalue weighted by atomic mass is 10.0. The minimum atomic E-state index is -0.169. The van der Waals surface area contributed by atoms with Crippen LogP contribution in [0.15, 0.2) is 36.4 Å². The molecule has 0 unspecified atom stereocenters. The van der Waals surface area contributed by atoms with Crippen LogP contribution in [0.2, 0.25) is 0 Å². The maximum Gasteiger partial charge on any atom is 0.251 e. The predicted molar refractivity (Wildman–Crippen MR) is 126 cm³/mol. The van der Waals surface area contributed by atoms with Gasteiger partial charge >= 0.3 is 0 Å². The molecular weight excluding hydrogens is 424 g/mol. The number of benzene rings is 2. The molecule has 1 aliphatic rings. The Morgan fingerprint density at radius 2 is 1.61 bits per heavy atom. The van der Waals surface area contributed by atoms with E-state index in [0.29, 0.717) is 61.5 Å². The van der Waals surface area contributed by atoms with E-state index in [1.807, 2.05) is 32.0 Å². The molecule has 1 heterocycles. The first-order chi connectivity index (χ1) is 16.1. The summed E-state index contributed by atoms with van der Waals surface area (Å²) in [7, 11) is 3.24. The van der Waals surface area contributed by atoms with E-state index in [-0.39, 0.29) is 11.9 Å². The molecule has 2 aromatic rings. The Morgan fingerprint density at radius 3 is 2.27 bits per heavy atom. The molecule has 180 valence electrons. The standard InChI is InChI=1S/C25H34N2O6/c1-5-32-22-10-8-19(16-24(22)33-6-2)25(28)26-17-20(27-11-13-31-14-12-27)18-7-9-21(29-3)23(15-18)30-4/h7-10,15-16,20H,5-6,11-14,17H2,1-4H3,(H,26,28)/t20-/m1/s1. The predicted octanol–water partition coefficient (Wildman–Crippen LogP) is 3.30. The van der Waals surface area contributed by atoms with Gasteiger partial charge in [-0.2, -0.15) is 0 Å². The van der Waals surface area contributed by atoms with Crippen molar-refractivity contribution in [1.29, 1.82) is 0 Å². The summed E-state index contributed by atoms with van der Waals surface area (Å²) in [6.45, 7) is 8.16. The molecule has 2 aromatic carbocycles. The quantitative estimate of drug-likeness (QED) is 0.554. The van der Waals surface area contributed by atoms with Crippen molar-refractivity contribution in [1.82, 2.24) is 10.2 Å². The van der Waals surface area contributed by atoms with Crippen molar-refractivity contribution in [2.75, 3.05) is 60.3 Å². The topological polar surface area (TPSA) is 78.5 Å². The van der Waals surface area contributed by atoms with Gasteiger partial charge in [0, 0.05) is 25.2 Å². The van der Waals surface area contributed by atoms with E-state index in [4.69, 9.17) is 23.7 Å². The highest BCUT2D eigenvalue weighted by atomic mass is 16.5. The Labute approximate surface area is 195 Å². The van der Waals surface area contributed by atoms with Crippen molar-refractivity contribution >= 4 is 5.91 Å². The van der Waals surface area contributed by atoms with Gasteiger partial charge < -0.3 is 29.0 Å². The molecule has 0 aromatic heterocycles. The van der Waals surface area contributed by atoms with Crippen LogP contribution in [-0.2, 0) is 4.74 Å². The Hall–Kier alpha value is -2.97. The summed E-state index contributed by atoms with van der Waals surface area (Å²) in [6.07, 6.45) is 0. The van der Waals surface area contributed by atoms with Crippen LogP contribution in [0, 0.1) is 0 Å². The maximum absolute atomic E-state index is 13.0. The van der Waals surface area contributed by atoms with Gasteiger partial charge in [-0.05, 0) is 49.7 Å². The van der Waals surface area contributed by atoms with Gasteiger partial charge in [-0.3, -0.25) is 9.69 Å². The van der Waals surface area contributed by atoms with Gasteiger partial charge in [-0.1, -0.05) is 6.07 Å². The molecule has 1 saturated heterocycles. The Bertz CT molecular complexity index is 914. The second kappa shape index (κ2) is 12.3. The van der Waals surface area contributed by atoms with E-state index in [2.05, 4.69) is 10.2 Å². The maximum atomic E-state index is 13.0. The molecule has 1 amide bonds. The molecule has 8 nitrogen and oxygen atoms in total. The smallest absolute Gasteiger partial charge is 0.251 e. The third-order valence-electron chi connectivity index (χ3n) is 5.54. The number of amides is 1. The molecular formula is C25H34N2O6. The minimum Gasteiger partial charge on any atom is -0.493 e. The van der Waals surface area contributed by atoms with Crippen molar-refractivity contribution in [3.63, 3.8) is 0 Å². The van der Waals surface area contributed by atoms with Crippen LogP contribution in [0.4, 0.5) is 0 Å². The molecule has 0 aliphatic carbocycles. The number of ether oxygens (including phenoxy) is 5. The van der Waals surface area contributed by atoms with E-state index in [0.717, 1.165) is 18.7 Å². The average Bonchev–Trinajstić information content (AvgIpc) is 2.85. The van der Waals surface area contributed by atoms with E-state index in [1.165, 1.54) is 0 Å². The van der Waals surface area contributed by atoms with Crippen LogP contribution in [0.25, 0.3) is 0 Å². The zero-order valence-electron chi connectivity index (χ0n) is 19.9. The molecule has 1 N–H and O–H groups in total. The number of methoxy groups -OCH3 is 2. The highest BCUT2D eigenvalue weighted by Crippen LogP contribution is 2.32. The summed E-state index contributed by atoms with van der Waals surface area (Å²) in [6, 6.07) is 11.1. The van der Waals surface area contributed by atoms with Gasteiger partial charge in [-0.25, -0.2) is 0 Å². The van der Waals surface area contributed by atoms with Crippen molar-refractivity contribution in [3.05, 3.63) is 47.5 Å². The number of carbonyl (C=O) groups is 1. The molecule has 3 rings (SSSR count). The van der Waals surface area contributed by atoms with E-state index in [1.54, 1.807) is 32.4 Å². The zero-order chi connectivity index (χ0) is 23.6. The Morgan fingerprint density at radius 1 is 0.939 bits per heavy atom. The molecule has 0 saturated carbocycles. The third kappa shape index (κ3) is 6.30. The van der Waals surface area contributed by atoms with E-state index < -0.39 is 0 Å². The van der Waals surface area contributed by atoms with E-state index >= 15 is 0 Å². The van der Waals surface area contributed by atoms with Crippen LogP contribution in [0.5, 0.6) is 23.0 Å². The molecule has 1 aliphatic heterocycles. The Kier molecular flexibility index (Phi) is 9.21. The van der Waals surface area contributed by atoms with Crippen molar-refractivity contribution < 1.29 is 28.5 Å². The molecule has 8 heteroatoms. The van der Waals surface area contributed by atoms with Gasteiger partial charge in [0.2, 0.25) is 0 Å². The summed E-state index contributed by atoms with van der Waals surface area (Å²) >= 11 is 0. The largest absolute Gasteiger partial charge is 0.493 e. The lowest BCUT2D eigenvalue weighted by molar-refractivity contribution is 0.0162. The van der Waals surface area contributed by atoms with Crippen LogP contribution in [0.3, 0.4) is 0 Å². The lowest BCUT2D eigenvalue weighted by Crippen LogP contribution is -2.43. The van der Waals surface area contributed by atoms with Crippen LogP contribution in [-0.4, -0.2) is 71.1 Å². The summed E-state index contributed by atoms with van der Waals surface area (Å²) in [5.41, 5.74) is 1.56. The van der Waals surface area contributed by atoms with Gasteiger partial charge in [0.05, 0.1) is 46.7 Å². The fraction of sp³-hybridized carbons (Fsp3) is 0.480. The normalized spacial score (nSPS) is 14.9. The number of rotatable bonds is 11. The molecule has 0 spiro atoms. The second-order valence-electron chi connectivity index (χ2n) is 7.52. The highest BCUT2D eigenvalue weighted by molar-refractivity contribution is 5.94. The van der Waals surface area contributed by atoms with E-state index in [9.17, 15) is 4.79 Å². The molecule has 1 fully saturated rings. The molecule has 33 heavy (non-hydrogen) atoms. The fourth-order valence-corrected chi connectivity index (χ4v) is 3.89. The number of nitrogens with one attached hydrogen (secondary N) is 1. The number of carbonyl (C=O) groups excluding carboxylic acids is 1. The summed E-state index contributed by atoms with van der Waals surface area (Å²) < 4.78 is 27.7. The first kappa shape index (κ1) is 24.7.